The van der Waals surface area contributed by atoms with Gasteiger partial charge in [-0.15, -0.1) is 0 Å². The third kappa shape index (κ3) is 4.49. The van der Waals surface area contributed by atoms with Gasteiger partial charge in [0, 0.05) is 13.7 Å². The van der Waals surface area contributed by atoms with Crippen LogP contribution < -0.4 is 0 Å². The molecule has 1 rings (SSSR count). The Balaban J connectivity index is 2.27. The third-order valence-electron chi connectivity index (χ3n) is 3.18. The van der Waals surface area contributed by atoms with Crippen molar-refractivity contribution >= 4 is 0 Å². The molecule has 2 atom stereocenters. The molecule has 3 nitrogen and oxygen atoms in total. The van der Waals surface area contributed by atoms with E-state index in [2.05, 4.69) is 0 Å². The first-order valence-corrected chi connectivity index (χ1v) is 6.10. The minimum absolute atomic E-state index is 0.447. The number of rotatable bonds is 6. The molecule has 1 N–H and O–H groups in total. The van der Waals surface area contributed by atoms with Crippen LogP contribution in [0.2, 0.25) is 0 Å². The summed E-state index contributed by atoms with van der Waals surface area (Å²) in [6.07, 6.45) is 6.37. The number of ether oxygens (including phenoxy) is 2. The van der Waals surface area contributed by atoms with Crippen molar-refractivity contribution in [3.63, 3.8) is 0 Å². The van der Waals surface area contributed by atoms with Crippen LogP contribution in [0, 0.1) is 5.92 Å². The Hall–Kier alpha value is -0.120. The zero-order valence-electron chi connectivity index (χ0n) is 9.95. The van der Waals surface area contributed by atoms with Gasteiger partial charge in [0.25, 0.3) is 0 Å². The summed E-state index contributed by atoms with van der Waals surface area (Å²) in [7, 11) is 1.59. The Bertz CT molecular complexity index is 155. The minimum Gasteiger partial charge on any atom is -0.388 e. The lowest BCUT2D eigenvalue weighted by molar-refractivity contribution is -0.181. The Morgan fingerprint density at radius 3 is 2.47 bits per heavy atom. The van der Waals surface area contributed by atoms with Crippen LogP contribution in [0.3, 0.4) is 0 Å². The second kappa shape index (κ2) is 7.20. The van der Waals surface area contributed by atoms with Crippen molar-refractivity contribution < 1.29 is 14.6 Å². The summed E-state index contributed by atoms with van der Waals surface area (Å²) in [6, 6.07) is 0. The average Bonchev–Trinajstić information content (AvgIpc) is 2.27. The summed E-state index contributed by atoms with van der Waals surface area (Å²) in [4.78, 5) is 0. The highest BCUT2D eigenvalue weighted by atomic mass is 16.7. The molecule has 15 heavy (non-hydrogen) atoms. The normalized spacial score (nSPS) is 22.6. The fraction of sp³-hybridized carbons (Fsp3) is 1.00. The molecule has 0 aromatic rings. The van der Waals surface area contributed by atoms with Crippen LogP contribution in [0.5, 0.6) is 0 Å². The molecular weight excluding hydrogens is 192 g/mol. The number of hydrogen-bond donors (Lipinski definition) is 1. The lowest BCUT2D eigenvalue weighted by Crippen LogP contribution is -2.33. The molecule has 0 aromatic carbocycles. The molecule has 0 saturated heterocycles. The van der Waals surface area contributed by atoms with E-state index in [0.29, 0.717) is 12.5 Å². The average molecular weight is 216 g/mol. The summed E-state index contributed by atoms with van der Waals surface area (Å²) in [5.41, 5.74) is 0. The molecular formula is C12H24O3. The van der Waals surface area contributed by atoms with Gasteiger partial charge in [0.2, 0.25) is 0 Å². The van der Waals surface area contributed by atoms with Crippen molar-refractivity contribution in [2.75, 3.05) is 13.7 Å². The standard InChI is InChI=1S/C12H24O3/c1-3-15-12(14-2)11(13)9-10-7-5-4-6-8-10/h10-13H,3-9H2,1-2H3. The number of aliphatic hydroxyl groups is 1. The number of hydrogen-bond acceptors (Lipinski definition) is 3. The van der Waals surface area contributed by atoms with E-state index >= 15 is 0 Å². The molecule has 2 unspecified atom stereocenters. The first-order valence-electron chi connectivity index (χ1n) is 6.10. The van der Waals surface area contributed by atoms with Crippen LogP contribution in [0.1, 0.15) is 45.4 Å². The molecule has 90 valence electrons. The lowest BCUT2D eigenvalue weighted by atomic mass is 9.85. The van der Waals surface area contributed by atoms with E-state index in [1.54, 1.807) is 7.11 Å². The van der Waals surface area contributed by atoms with Crippen LogP contribution >= 0.6 is 0 Å². The number of methoxy groups -OCH3 is 1. The maximum absolute atomic E-state index is 9.94. The quantitative estimate of drug-likeness (QED) is 0.693. The van der Waals surface area contributed by atoms with E-state index in [1.807, 2.05) is 6.92 Å². The summed E-state index contributed by atoms with van der Waals surface area (Å²) >= 11 is 0. The number of aliphatic hydroxyl groups excluding tert-OH is 1. The van der Waals surface area contributed by atoms with Crippen LogP contribution in [-0.4, -0.2) is 31.2 Å². The van der Waals surface area contributed by atoms with Crippen LogP contribution in [0.15, 0.2) is 0 Å². The van der Waals surface area contributed by atoms with E-state index in [1.165, 1.54) is 32.1 Å². The fourth-order valence-electron chi connectivity index (χ4n) is 2.38. The molecule has 0 radical (unpaired) electrons. The first kappa shape index (κ1) is 12.9. The van der Waals surface area contributed by atoms with Crippen molar-refractivity contribution in [2.45, 2.75) is 57.8 Å². The van der Waals surface area contributed by atoms with Gasteiger partial charge in [-0.2, -0.15) is 0 Å². The summed E-state index contributed by atoms with van der Waals surface area (Å²) in [6.45, 7) is 2.50. The fourth-order valence-corrected chi connectivity index (χ4v) is 2.38. The highest BCUT2D eigenvalue weighted by Gasteiger charge is 2.24. The zero-order valence-corrected chi connectivity index (χ0v) is 9.95. The van der Waals surface area contributed by atoms with Gasteiger partial charge in [-0.1, -0.05) is 32.1 Å². The van der Waals surface area contributed by atoms with Crippen LogP contribution in [-0.2, 0) is 9.47 Å². The zero-order chi connectivity index (χ0) is 11.1. The van der Waals surface area contributed by atoms with E-state index in [0.717, 1.165) is 6.42 Å². The molecule has 1 aliphatic rings. The van der Waals surface area contributed by atoms with E-state index < -0.39 is 12.4 Å². The van der Waals surface area contributed by atoms with Gasteiger partial charge in [0.05, 0.1) is 0 Å². The molecule has 1 saturated carbocycles. The van der Waals surface area contributed by atoms with Crippen molar-refractivity contribution in [3.05, 3.63) is 0 Å². The second-order valence-electron chi connectivity index (χ2n) is 4.37. The predicted molar refractivity (Wildman–Crippen MR) is 59.6 cm³/mol. The molecule has 0 aliphatic heterocycles. The van der Waals surface area contributed by atoms with Crippen molar-refractivity contribution in [2.24, 2.45) is 5.92 Å². The molecule has 0 heterocycles. The molecule has 0 bridgehead atoms. The molecule has 1 aliphatic carbocycles. The van der Waals surface area contributed by atoms with Gasteiger partial charge in [0.15, 0.2) is 6.29 Å². The second-order valence-corrected chi connectivity index (χ2v) is 4.37. The Labute approximate surface area is 92.8 Å². The van der Waals surface area contributed by atoms with Crippen molar-refractivity contribution in [1.82, 2.24) is 0 Å². The van der Waals surface area contributed by atoms with Crippen LogP contribution in [0.4, 0.5) is 0 Å². The Morgan fingerprint density at radius 1 is 1.27 bits per heavy atom. The summed E-state index contributed by atoms with van der Waals surface area (Å²) in [5.74, 6) is 0.659. The highest BCUT2D eigenvalue weighted by molar-refractivity contribution is 4.71. The highest BCUT2D eigenvalue weighted by Crippen LogP contribution is 2.28. The molecule has 0 aromatic heterocycles. The molecule has 3 heteroatoms. The third-order valence-corrected chi connectivity index (χ3v) is 3.18. The molecule has 1 fully saturated rings. The van der Waals surface area contributed by atoms with Gasteiger partial charge in [0.1, 0.15) is 6.10 Å². The monoisotopic (exact) mass is 216 g/mol. The Kier molecular flexibility index (Phi) is 6.22. The topological polar surface area (TPSA) is 38.7 Å². The summed E-state index contributed by atoms with van der Waals surface area (Å²) in [5, 5.41) is 9.94. The molecule has 0 spiro atoms. The van der Waals surface area contributed by atoms with Gasteiger partial charge in [-0.25, -0.2) is 0 Å². The van der Waals surface area contributed by atoms with Gasteiger partial charge in [-0.3, -0.25) is 0 Å². The largest absolute Gasteiger partial charge is 0.388 e. The maximum Gasteiger partial charge on any atom is 0.183 e. The van der Waals surface area contributed by atoms with Crippen molar-refractivity contribution in [3.8, 4) is 0 Å². The predicted octanol–water partition coefficient (Wildman–Crippen LogP) is 2.33. The Morgan fingerprint density at radius 2 is 1.93 bits per heavy atom. The molecule has 0 amide bonds. The van der Waals surface area contributed by atoms with Gasteiger partial charge >= 0.3 is 0 Å². The van der Waals surface area contributed by atoms with Gasteiger partial charge in [-0.05, 0) is 19.3 Å². The smallest absolute Gasteiger partial charge is 0.183 e. The SMILES string of the molecule is CCOC(OC)C(O)CC1CCCCC1. The van der Waals surface area contributed by atoms with Crippen LogP contribution in [0.25, 0.3) is 0 Å². The lowest BCUT2D eigenvalue weighted by Gasteiger charge is -2.27. The van der Waals surface area contributed by atoms with Crippen molar-refractivity contribution in [1.29, 1.82) is 0 Å². The first-order chi connectivity index (χ1) is 7.27. The minimum atomic E-state index is -0.474. The van der Waals surface area contributed by atoms with E-state index in [9.17, 15) is 5.11 Å². The maximum atomic E-state index is 9.94. The van der Waals surface area contributed by atoms with E-state index in [-0.39, 0.29) is 0 Å². The summed E-state index contributed by atoms with van der Waals surface area (Å²) < 4.78 is 10.4. The van der Waals surface area contributed by atoms with E-state index in [4.69, 9.17) is 9.47 Å². The van der Waals surface area contributed by atoms with Gasteiger partial charge < -0.3 is 14.6 Å².